The minimum Gasteiger partial charge on any atom is -0.444 e. The zero-order valence-electron chi connectivity index (χ0n) is 22.7. The highest BCUT2D eigenvalue weighted by Gasteiger charge is 2.32. The molecular weight excluding hydrogens is 525 g/mol. The van der Waals surface area contributed by atoms with Gasteiger partial charge in [0, 0.05) is 31.5 Å². The molecule has 1 aliphatic heterocycles. The van der Waals surface area contributed by atoms with Gasteiger partial charge in [-0.3, -0.25) is 9.59 Å². The third-order valence-electron chi connectivity index (χ3n) is 6.34. The van der Waals surface area contributed by atoms with E-state index in [2.05, 4.69) is 16.7 Å². The van der Waals surface area contributed by atoms with Crippen molar-refractivity contribution < 1.29 is 32.3 Å². The van der Waals surface area contributed by atoms with Crippen molar-refractivity contribution in [1.82, 2.24) is 15.5 Å². The lowest BCUT2D eigenvalue weighted by Gasteiger charge is -2.27. The van der Waals surface area contributed by atoms with Gasteiger partial charge in [-0.15, -0.1) is 0 Å². The van der Waals surface area contributed by atoms with E-state index >= 15 is 0 Å². The highest BCUT2D eigenvalue weighted by atomic mass is 19.2. The molecule has 0 spiro atoms. The molecule has 2 aromatic carbocycles. The first-order chi connectivity index (χ1) is 18.9. The van der Waals surface area contributed by atoms with Gasteiger partial charge in [-0.05, 0) is 57.2 Å². The Morgan fingerprint density at radius 1 is 1.05 bits per heavy atom. The number of rotatable bonds is 9. The van der Waals surface area contributed by atoms with Gasteiger partial charge in [0.1, 0.15) is 23.5 Å². The number of alkyl carbamates (subject to hydrolysis) is 1. The number of nitrogens with one attached hydrogen (secondary N) is 2. The van der Waals surface area contributed by atoms with Crippen LogP contribution in [-0.2, 0) is 27.2 Å². The number of carbonyl (C=O) groups is 3. The lowest BCUT2D eigenvalue weighted by molar-refractivity contribution is -0.132. The van der Waals surface area contributed by atoms with Crippen LogP contribution in [0.2, 0.25) is 0 Å². The van der Waals surface area contributed by atoms with Crippen molar-refractivity contribution in [3.8, 4) is 6.07 Å². The number of hydrogen-bond donors (Lipinski definition) is 2. The van der Waals surface area contributed by atoms with E-state index in [1.165, 1.54) is 4.90 Å². The fourth-order valence-electron chi connectivity index (χ4n) is 4.50. The Balaban J connectivity index is 1.86. The number of nitriles is 1. The fourth-order valence-corrected chi connectivity index (χ4v) is 4.50. The van der Waals surface area contributed by atoms with Gasteiger partial charge < -0.3 is 20.3 Å². The van der Waals surface area contributed by atoms with E-state index in [1.807, 2.05) is 0 Å². The monoisotopic (exact) mass is 558 g/mol. The van der Waals surface area contributed by atoms with E-state index in [1.54, 1.807) is 51.1 Å². The summed E-state index contributed by atoms with van der Waals surface area (Å²) in [6.07, 6.45) is -0.275. The van der Waals surface area contributed by atoms with E-state index < -0.39 is 59.1 Å². The molecule has 2 unspecified atom stereocenters. The summed E-state index contributed by atoms with van der Waals surface area (Å²) in [5.41, 5.74) is -0.342. The van der Waals surface area contributed by atoms with E-state index in [-0.39, 0.29) is 24.8 Å². The Labute approximate surface area is 231 Å². The van der Waals surface area contributed by atoms with Crippen LogP contribution in [-0.4, -0.2) is 53.1 Å². The average molecular weight is 559 g/mol. The summed E-state index contributed by atoms with van der Waals surface area (Å²) in [6.45, 7) is 5.37. The normalized spacial score (nSPS) is 16.5. The fraction of sp³-hybridized carbons (Fsp3) is 0.448. The maximum absolute atomic E-state index is 14.5. The van der Waals surface area contributed by atoms with Crippen molar-refractivity contribution in [3.63, 3.8) is 0 Å². The molecule has 40 heavy (non-hydrogen) atoms. The molecule has 0 bridgehead atoms. The van der Waals surface area contributed by atoms with Gasteiger partial charge in [0.2, 0.25) is 11.8 Å². The molecule has 11 heteroatoms. The van der Waals surface area contributed by atoms with Crippen molar-refractivity contribution in [2.75, 3.05) is 6.54 Å². The number of hydrogen-bond acceptors (Lipinski definition) is 5. The molecule has 0 radical (unpaired) electrons. The van der Waals surface area contributed by atoms with E-state index in [0.717, 1.165) is 5.56 Å². The third-order valence-corrected chi connectivity index (χ3v) is 6.34. The Morgan fingerprint density at radius 2 is 1.73 bits per heavy atom. The summed E-state index contributed by atoms with van der Waals surface area (Å²) in [6, 6.07) is 9.22. The molecule has 1 fully saturated rings. The number of amides is 3. The smallest absolute Gasteiger partial charge is 0.408 e. The summed E-state index contributed by atoms with van der Waals surface area (Å²) >= 11 is 0. The van der Waals surface area contributed by atoms with Crippen LogP contribution in [0.1, 0.15) is 51.2 Å². The minimum atomic E-state index is -1.36. The minimum absolute atomic E-state index is 0.0781. The van der Waals surface area contributed by atoms with Crippen molar-refractivity contribution in [3.05, 3.63) is 71.0 Å². The summed E-state index contributed by atoms with van der Waals surface area (Å²) in [5.74, 6) is -4.80. The van der Waals surface area contributed by atoms with Crippen LogP contribution in [0.5, 0.6) is 0 Å². The van der Waals surface area contributed by atoms with Crippen molar-refractivity contribution in [2.24, 2.45) is 0 Å². The van der Waals surface area contributed by atoms with Crippen LogP contribution in [0.15, 0.2) is 42.5 Å². The maximum atomic E-state index is 14.5. The lowest BCUT2D eigenvalue weighted by Crippen LogP contribution is -2.53. The molecule has 1 heterocycles. The number of ether oxygens (including phenoxy) is 1. The van der Waals surface area contributed by atoms with Crippen LogP contribution in [0.4, 0.5) is 18.0 Å². The second-order valence-electron chi connectivity index (χ2n) is 10.7. The topological polar surface area (TPSA) is 112 Å². The van der Waals surface area contributed by atoms with E-state index in [4.69, 9.17) is 4.74 Å². The zero-order chi connectivity index (χ0) is 29.4. The van der Waals surface area contributed by atoms with Gasteiger partial charge in [0.05, 0.1) is 6.07 Å². The quantitative estimate of drug-likeness (QED) is 0.449. The molecule has 0 saturated carbocycles. The van der Waals surface area contributed by atoms with Gasteiger partial charge in [-0.2, -0.15) is 5.26 Å². The number of nitrogens with zero attached hydrogens (tertiary/aromatic N) is 2. The van der Waals surface area contributed by atoms with Crippen molar-refractivity contribution in [1.29, 1.82) is 5.26 Å². The van der Waals surface area contributed by atoms with Crippen molar-refractivity contribution in [2.45, 2.75) is 76.6 Å². The molecule has 8 nitrogen and oxygen atoms in total. The van der Waals surface area contributed by atoms with E-state index in [9.17, 15) is 32.8 Å². The Kier molecular flexibility index (Phi) is 10.2. The molecule has 3 rings (SSSR count). The largest absolute Gasteiger partial charge is 0.444 e. The van der Waals surface area contributed by atoms with Crippen LogP contribution < -0.4 is 10.6 Å². The first-order valence-corrected chi connectivity index (χ1v) is 13.0. The summed E-state index contributed by atoms with van der Waals surface area (Å²) in [5, 5.41) is 14.6. The Hall–Kier alpha value is -4.07. The highest BCUT2D eigenvalue weighted by Crippen LogP contribution is 2.21. The Bertz CT molecular complexity index is 1260. The molecule has 0 aromatic heterocycles. The van der Waals surface area contributed by atoms with Gasteiger partial charge >= 0.3 is 6.09 Å². The molecule has 214 valence electrons. The van der Waals surface area contributed by atoms with Crippen LogP contribution in [0.25, 0.3) is 0 Å². The molecule has 3 amide bonds. The Morgan fingerprint density at radius 3 is 2.38 bits per heavy atom. The van der Waals surface area contributed by atoms with Crippen LogP contribution in [0, 0.1) is 28.8 Å². The number of carbonyl (C=O) groups excluding carboxylic acids is 3. The standard InChI is InChI=1S/C29H33F3N4O4/c1-29(2,3)40-28(39)35-25(12-18-8-5-4-6-9-18)27(38)34-20(13-19-14-23(31)24(32)16-22(19)30)15-26(37)36-11-7-10-21(36)17-33/h4-6,8-9,14,16,20-21,25H,7,10-13,15H2,1-3H3,(H,34,38)(H,35,39)/t20-,21?,25?/m1/s1. The predicted octanol–water partition coefficient (Wildman–Crippen LogP) is 4.17. The zero-order valence-corrected chi connectivity index (χ0v) is 22.7. The highest BCUT2D eigenvalue weighted by molar-refractivity contribution is 5.87. The molecular formula is C29H33F3N4O4. The summed E-state index contributed by atoms with van der Waals surface area (Å²) < 4.78 is 47.3. The number of likely N-dealkylation sites (tertiary alicyclic amines) is 1. The second-order valence-corrected chi connectivity index (χ2v) is 10.7. The summed E-state index contributed by atoms with van der Waals surface area (Å²) in [4.78, 5) is 40.5. The first-order valence-electron chi connectivity index (χ1n) is 13.0. The van der Waals surface area contributed by atoms with E-state index in [0.29, 0.717) is 31.5 Å². The number of halogens is 3. The van der Waals surface area contributed by atoms with Gasteiger partial charge in [0.25, 0.3) is 0 Å². The molecule has 1 aliphatic rings. The van der Waals surface area contributed by atoms with Gasteiger partial charge in [0.15, 0.2) is 11.6 Å². The third kappa shape index (κ3) is 8.73. The lowest BCUT2D eigenvalue weighted by atomic mass is 10.00. The molecule has 0 aliphatic carbocycles. The molecule has 2 aromatic rings. The first kappa shape index (κ1) is 30.5. The van der Waals surface area contributed by atoms with Gasteiger partial charge in [-0.1, -0.05) is 30.3 Å². The number of benzene rings is 2. The van der Waals surface area contributed by atoms with Gasteiger partial charge in [-0.25, -0.2) is 18.0 Å². The SMILES string of the molecule is CC(C)(C)OC(=O)NC(Cc1ccccc1)C(=O)N[C@@H](CC(=O)N1CCCC1C#N)Cc1cc(F)c(F)cc1F. The van der Waals surface area contributed by atoms with Crippen LogP contribution >= 0.6 is 0 Å². The maximum Gasteiger partial charge on any atom is 0.408 e. The second kappa shape index (κ2) is 13.3. The average Bonchev–Trinajstić information content (AvgIpc) is 3.35. The van der Waals surface area contributed by atoms with Crippen molar-refractivity contribution >= 4 is 17.9 Å². The summed E-state index contributed by atoms with van der Waals surface area (Å²) in [7, 11) is 0. The molecule has 3 atom stereocenters. The molecule has 1 saturated heterocycles. The molecule has 2 N–H and O–H groups in total. The van der Waals surface area contributed by atoms with Crippen LogP contribution in [0.3, 0.4) is 0 Å². The predicted molar refractivity (Wildman–Crippen MR) is 140 cm³/mol.